The largest absolute Gasteiger partial charge is 0.378 e. The number of hydrogen-bond acceptors (Lipinski definition) is 6. The van der Waals surface area contributed by atoms with Crippen LogP contribution in [0.1, 0.15) is 16.7 Å². The van der Waals surface area contributed by atoms with Crippen LogP contribution in [0.4, 0.5) is 20.6 Å². The van der Waals surface area contributed by atoms with Gasteiger partial charge in [-0.15, -0.1) is 0 Å². The van der Waals surface area contributed by atoms with Gasteiger partial charge in [-0.2, -0.15) is 0 Å². The second kappa shape index (κ2) is 9.76. The number of nitrogens with zero attached hydrogens (tertiary/aromatic N) is 2. The Morgan fingerprint density at radius 1 is 1.15 bits per heavy atom. The predicted molar refractivity (Wildman–Crippen MR) is 127 cm³/mol. The zero-order valence-electron chi connectivity index (χ0n) is 18.4. The molecule has 4 rings (SSSR count). The molecular formula is C24H24FN3O4S. The van der Waals surface area contributed by atoms with Gasteiger partial charge >= 0.3 is 0 Å². The summed E-state index contributed by atoms with van der Waals surface area (Å²) in [5.74, 6) is -1.44. The second-order valence-corrected chi connectivity index (χ2v) is 8.94. The number of imide groups is 1. The Kier molecular flexibility index (Phi) is 6.80. The normalized spacial score (nSPS) is 17.7. The highest BCUT2D eigenvalue weighted by Gasteiger charge is 2.36. The van der Waals surface area contributed by atoms with Gasteiger partial charge in [0.2, 0.25) is 5.91 Å². The molecule has 9 heteroatoms. The average molecular weight is 470 g/mol. The van der Waals surface area contributed by atoms with Crippen LogP contribution in [-0.4, -0.2) is 54.8 Å². The van der Waals surface area contributed by atoms with Crippen LogP contribution in [-0.2, 0) is 14.3 Å². The van der Waals surface area contributed by atoms with Gasteiger partial charge in [0, 0.05) is 18.8 Å². The highest BCUT2D eigenvalue weighted by atomic mass is 32.2. The van der Waals surface area contributed by atoms with Crippen LogP contribution in [0.15, 0.2) is 41.3 Å². The minimum atomic E-state index is -0.571. The minimum absolute atomic E-state index is 0.151. The molecule has 3 amide bonds. The first-order chi connectivity index (χ1) is 15.8. The van der Waals surface area contributed by atoms with E-state index in [1.165, 1.54) is 12.1 Å². The third-order valence-electron chi connectivity index (χ3n) is 5.45. The minimum Gasteiger partial charge on any atom is -0.378 e. The molecule has 172 valence electrons. The van der Waals surface area contributed by atoms with E-state index in [1.807, 2.05) is 30.9 Å². The second-order valence-electron chi connectivity index (χ2n) is 7.94. The topological polar surface area (TPSA) is 79.0 Å². The number of nitrogens with one attached hydrogen (secondary N) is 1. The monoisotopic (exact) mass is 469 g/mol. The lowest BCUT2D eigenvalue weighted by molar-refractivity contribution is -0.127. The first kappa shape index (κ1) is 23.0. The zero-order valence-corrected chi connectivity index (χ0v) is 19.2. The lowest BCUT2D eigenvalue weighted by Crippen LogP contribution is -2.36. The molecule has 2 aromatic carbocycles. The quantitative estimate of drug-likeness (QED) is 0.668. The van der Waals surface area contributed by atoms with Crippen molar-refractivity contribution in [1.29, 1.82) is 0 Å². The van der Waals surface area contributed by atoms with Crippen molar-refractivity contribution < 1.29 is 23.5 Å². The van der Waals surface area contributed by atoms with E-state index in [2.05, 4.69) is 5.32 Å². The van der Waals surface area contributed by atoms with Gasteiger partial charge in [-0.25, -0.2) is 4.39 Å². The number of amides is 3. The lowest BCUT2D eigenvalue weighted by atomic mass is 10.1. The summed E-state index contributed by atoms with van der Waals surface area (Å²) >= 11 is 0.737. The van der Waals surface area contributed by atoms with E-state index in [-0.39, 0.29) is 11.4 Å². The molecule has 0 spiro atoms. The fourth-order valence-electron chi connectivity index (χ4n) is 3.75. The van der Waals surface area contributed by atoms with Gasteiger partial charge in [-0.1, -0.05) is 23.8 Å². The standard InChI is InChI=1S/C24H24FN3O4S/c1-15-3-5-19(16(2)11-15)26-22(29)14-28-23(30)21(33-24(28)31)13-17-4-6-20(18(25)12-17)27-7-9-32-10-8-27/h3-6,11-13H,7-10,14H2,1-2H3,(H,26,29)/b21-13-. The molecule has 2 heterocycles. The molecule has 0 aromatic heterocycles. The molecular weight excluding hydrogens is 445 g/mol. The molecule has 2 fully saturated rings. The fourth-order valence-corrected chi connectivity index (χ4v) is 4.59. The summed E-state index contributed by atoms with van der Waals surface area (Å²) in [6.45, 7) is 5.75. The van der Waals surface area contributed by atoms with E-state index < -0.39 is 22.9 Å². The van der Waals surface area contributed by atoms with Crippen molar-refractivity contribution in [2.24, 2.45) is 0 Å². The Balaban J connectivity index is 1.44. The van der Waals surface area contributed by atoms with Crippen LogP contribution in [0.25, 0.3) is 6.08 Å². The molecule has 2 aliphatic rings. The molecule has 0 saturated carbocycles. The van der Waals surface area contributed by atoms with Gasteiger partial charge in [0.25, 0.3) is 11.1 Å². The maximum atomic E-state index is 14.7. The molecule has 1 N–H and O–H groups in total. The Labute approximate surface area is 195 Å². The van der Waals surface area contributed by atoms with Crippen LogP contribution in [0, 0.1) is 19.7 Å². The molecule has 0 radical (unpaired) electrons. The van der Waals surface area contributed by atoms with Crippen LogP contribution in [0.5, 0.6) is 0 Å². The van der Waals surface area contributed by atoms with Crippen molar-refractivity contribution in [3.63, 3.8) is 0 Å². The van der Waals surface area contributed by atoms with Crippen molar-refractivity contribution in [2.45, 2.75) is 13.8 Å². The number of benzene rings is 2. The third-order valence-corrected chi connectivity index (χ3v) is 6.36. The van der Waals surface area contributed by atoms with Gasteiger partial charge in [0.15, 0.2) is 0 Å². The average Bonchev–Trinajstić information content (AvgIpc) is 3.04. The maximum Gasteiger partial charge on any atom is 0.294 e. The van der Waals surface area contributed by atoms with Crippen LogP contribution in [0.2, 0.25) is 0 Å². The zero-order chi connectivity index (χ0) is 23.5. The summed E-state index contributed by atoms with van der Waals surface area (Å²) in [7, 11) is 0. The summed E-state index contributed by atoms with van der Waals surface area (Å²) in [4.78, 5) is 40.5. The first-order valence-electron chi connectivity index (χ1n) is 10.6. The molecule has 0 unspecified atom stereocenters. The number of thioether (sulfide) groups is 1. The smallest absolute Gasteiger partial charge is 0.294 e. The van der Waals surface area contributed by atoms with Gasteiger partial charge < -0.3 is 15.0 Å². The number of carbonyl (C=O) groups excluding carboxylic acids is 3. The molecule has 0 aliphatic carbocycles. The lowest BCUT2D eigenvalue weighted by Gasteiger charge is -2.29. The summed E-state index contributed by atoms with van der Waals surface area (Å²) in [5.41, 5.74) is 3.53. The number of anilines is 2. The van der Waals surface area contributed by atoms with Crippen molar-refractivity contribution in [3.8, 4) is 0 Å². The van der Waals surface area contributed by atoms with E-state index in [0.717, 1.165) is 27.8 Å². The highest BCUT2D eigenvalue weighted by molar-refractivity contribution is 8.18. The van der Waals surface area contributed by atoms with Crippen LogP contribution < -0.4 is 10.2 Å². The molecule has 0 atom stereocenters. The SMILES string of the molecule is Cc1ccc(NC(=O)CN2C(=O)S/C(=C\c3ccc(N4CCOCC4)c(F)c3)C2=O)c(C)c1. The van der Waals surface area contributed by atoms with E-state index >= 15 is 0 Å². The van der Waals surface area contributed by atoms with E-state index in [0.29, 0.717) is 43.2 Å². The number of hydrogen-bond donors (Lipinski definition) is 1. The Morgan fingerprint density at radius 2 is 1.91 bits per heavy atom. The number of carbonyl (C=O) groups is 3. The van der Waals surface area contributed by atoms with E-state index in [9.17, 15) is 18.8 Å². The number of halogens is 1. The third kappa shape index (κ3) is 5.26. The number of morpholine rings is 1. The van der Waals surface area contributed by atoms with Crippen LogP contribution >= 0.6 is 11.8 Å². The number of aryl methyl sites for hydroxylation is 2. The summed E-state index contributed by atoms with van der Waals surface area (Å²) in [6, 6.07) is 10.3. The summed E-state index contributed by atoms with van der Waals surface area (Å²) < 4.78 is 20.0. The first-order valence-corrected chi connectivity index (χ1v) is 11.4. The van der Waals surface area contributed by atoms with Crippen LogP contribution in [0.3, 0.4) is 0 Å². The molecule has 2 saturated heterocycles. The summed E-state index contributed by atoms with van der Waals surface area (Å²) in [6.07, 6.45) is 1.47. The molecule has 7 nitrogen and oxygen atoms in total. The van der Waals surface area contributed by atoms with Crippen molar-refractivity contribution in [1.82, 2.24) is 4.90 Å². The van der Waals surface area contributed by atoms with Gasteiger partial charge in [-0.05, 0) is 61.0 Å². The number of rotatable bonds is 5. The molecule has 33 heavy (non-hydrogen) atoms. The summed E-state index contributed by atoms with van der Waals surface area (Å²) in [5, 5.41) is 2.20. The molecule has 2 aliphatic heterocycles. The fraction of sp³-hybridized carbons (Fsp3) is 0.292. The molecule has 0 bridgehead atoms. The van der Waals surface area contributed by atoms with Gasteiger partial charge in [0.1, 0.15) is 12.4 Å². The highest BCUT2D eigenvalue weighted by Crippen LogP contribution is 2.33. The predicted octanol–water partition coefficient (Wildman–Crippen LogP) is 3.95. The Hall–Kier alpha value is -3.17. The van der Waals surface area contributed by atoms with E-state index in [1.54, 1.807) is 18.2 Å². The van der Waals surface area contributed by atoms with Crippen molar-refractivity contribution >= 4 is 46.3 Å². The van der Waals surface area contributed by atoms with Gasteiger partial charge in [0.05, 0.1) is 23.8 Å². The van der Waals surface area contributed by atoms with Gasteiger partial charge in [-0.3, -0.25) is 19.3 Å². The maximum absolute atomic E-state index is 14.7. The molecule has 2 aromatic rings. The Morgan fingerprint density at radius 3 is 2.61 bits per heavy atom. The van der Waals surface area contributed by atoms with E-state index in [4.69, 9.17) is 4.74 Å². The van der Waals surface area contributed by atoms with Crippen molar-refractivity contribution in [2.75, 3.05) is 43.1 Å². The van der Waals surface area contributed by atoms with Crippen molar-refractivity contribution in [3.05, 3.63) is 63.8 Å². The number of ether oxygens (including phenoxy) is 1. The Bertz CT molecular complexity index is 1140.